The summed E-state index contributed by atoms with van der Waals surface area (Å²) in [6.45, 7) is 0.848. The second kappa shape index (κ2) is 9.67. The van der Waals surface area contributed by atoms with Crippen LogP contribution in [0.1, 0.15) is 15.9 Å². The van der Waals surface area contributed by atoms with Crippen molar-refractivity contribution in [3.63, 3.8) is 0 Å². The maximum Gasteiger partial charge on any atom is 0.417 e. The largest absolute Gasteiger partial charge is 0.490 e. The molecule has 1 saturated heterocycles. The van der Waals surface area contributed by atoms with Gasteiger partial charge in [-0.3, -0.25) is 0 Å². The number of morpholine rings is 1. The second-order valence-electron chi connectivity index (χ2n) is 6.52. The third-order valence-electron chi connectivity index (χ3n) is 4.47. The zero-order valence-electron chi connectivity index (χ0n) is 16.3. The van der Waals surface area contributed by atoms with Crippen molar-refractivity contribution in [3.05, 3.63) is 59.7 Å². The lowest BCUT2D eigenvalue weighted by atomic mass is 10.1. The van der Waals surface area contributed by atoms with Gasteiger partial charge in [0.2, 0.25) is 10.0 Å². The van der Waals surface area contributed by atoms with E-state index in [2.05, 4.69) is 0 Å². The first kappa shape index (κ1) is 23.0. The van der Waals surface area contributed by atoms with Crippen molar-refractivity contribution in [2.45, 2.75) is 11.1 Å². The van der Waals surface area contributed by atoms with E-state index in [1.165, 1.54) is 40.7 Å². The molecule has 1 aliphatic heterocycles. The van der Waals surface area contributed by atoms with Crippen molar-refractivity contribution in [2.75, 3.05) is 39.5 Å². The van der Waals surface area contributed by atoms with Crippen molar-refractivity contribution < 1.29 is 40.6 Å². The molecule has 0 atom stereocenters. The van der Waals surface area contributed by atoms with Crippen LogP contribution in [0.3, 0.4) is 0 Å². The highest BCUT2D eigenvalue weighted by Crippen LogP contribution is 2.32. The lowest BCUT2D eigenvalue weighted by Gasteiger charge is -2.26. The highest BCUT2D eigenvalue weighted by molar-refractivity contribution is 7.89. The number of carbonyl (C=O) groups is 1. The number of hydrogen-bond donors (Lipinski definition) is 0. The minimum atomic E-state index is -4.67. The van der Waals surface area contributed by atoms with E-state index < -0.39 is 33.3 Å². The van der Waals surface area contributed by atoms with Crippen LogP contribution in [0, 0.1) is 0 Å². The number of ether oxygens (including phenoxy) is 3. The molecule has 7 nitrogen and oxygen atoms in total. The molecule has 0 amide bonds. The Kier molecular flexibility index (Phi) is 7.19. The van der Waals surface area contributed by atoms with Gasteiger partial charge in [-0.25, -0.2) is 13.2 Å². The maximum absolute atomic E-state index is 13.0. The average Bonchev–Trinajstić information content (AvgIpc) is 2.77. The molecule has 1 heterocycles. The van der Waals surface area contributed by atoms with E-state index in [0.717, 1.165) is 12.1 Å². The molecule has 2 aromatic carbocycles. The van der Waals surface area contributed by atoms with E-state index in [9.17, 15) is 26.4 Å². The topological polar surface area (TPSA) is 82.1 Å². The van der Waals surface area contributed by atoms with Gasteiger partial charge in [-0.05, 0) is 36.4 Å². The average molecular weight is 459 g/mol. The molecule has 0 radical (unpaired) electrons. The quantitative estimate of drug-likeness (QED) is 0.468. The fourth-order valence-electron chi connectivity index (χ4n) is 2.92. The van der Waals surface area contributed by atoms with Gasteiger partial charge in [0, 0.05) is 13.1 Å². The molecule has 0 bridgehead atoms. The molecule has 31 heavy (non-hydrogen) atoms. The van der Waals surface area contributed by atoms with Gasteiger partial charge in [0.25, 0.3) is 0 Å². The molecule has 0 N–H and O–H groups in total. The zero-order valence-corrected chi connectivity index (χ0v) is 17.1. The van der Waals surface area contributed by atoms with Gasteiger partial charge in [0.1, 0.15) is 19.0 Å². The van der Waals surface area contributed by atoms with Crippen LogP contribution in [-0.4, -0.2) is 58.2 Å². The van der Waals surface area contributed by atoms with Crippen LogP contribution in [0.25, 0.3) is 0 Å². The van der Waals surface area contributed by atoms with E-state index in [1.54, 1.807) is 0 Å². The van der Waals surface area contributed by atoms with Gasteiger partial charge in [-0.2, -0.15) is 17.5 Å². The second-order valence-corrected chi connectivity index (χ2v) is 8.45. The van der Waals surface area contributed by atoms with Crippen LogP contribution in [-0.2, 0) is 25.7 Å². The molecule has 1 aliphatic rings. The molecule has 0 saturated carbocycles. The Hall–Kier alpha value is -2.63. The molecule has 2 aromatic rings. The first-order chi connectivity index (χ1) is 14.7. The normalized spacial score (nSPS) is 15.5. The monoisotopic (exact) mass is 459 g/mol. The number of hydrogen-bond acceptors (Lipinski definition) is 6. The van der Waals surface area contributed by atoms with Crippen LogP contribution < -0.4 is 4.74 Å². The molecule has 1 fully saturated rings. The van der Waals surface area contributed by atoms with Crippen LogP contribution in [0.5, 0.6) is 5.75 Å². The minimum absolute atomic E-state index is 0.108. The van der Waals surface area contributed by atoms with Crippen LogP contribution >= 0.6 is 0 Å². The maximum atomic E-state index is 13.0. The summed E-state index contributed by atoms with van der Waals surface area (Å²) in [7, 11) is -3.63. The Morgan fingerprint density at radius 1 is 1.00 bits per heavy atom. The van der Waals surface area contributed by atoms with Crippen LogP contribution in [0.2, 0.25) is 0 Å². The smallest absolute Gasteiger partial charge is 0.417 e. The van der Waals surface area contributed by atoms with Crippen molar-refractivity contribution in [1.82, 2.24) is 4.31 Å². The summed E-state index contributed by atoms with van der Waals surface area (Å²) >= 11 is 0. The summed E-state index contributed by atoms with van der Waals surface area (Å²) in [4.78, 5) is 12.1. The lowest BCUT2D eigenvalue weighted by Crippen LogP contribution is -2.40. The summed E-state index contributed by atoms with van der Waals surface area (Å²) in [5.41, 5.74) is -1.65. The van der Waals surface area contributed by atoms with Crippen molar-refractivity contribution in [2.24, 2.45) is 0 Å². The fourth-order valence-corrected chi connectivity index (χ4v) is 4.33. The Bertz CT molecular complexity index is 1000. The Balaban J connectivity index is 1.52. The van der Waals surface area contributed by atoms with E-state index in [4.69, 9.17) is 14.2 Å². The number of carbonyl (C=O) groups excluding carboxylic acids is 1. The molecule has 3 rings (SSSR count). The first-order valence-electron chi connectivity index (χ1n) is 9.34. The van der Waals surface area contributed by atoms with Gasteiger partial charge in [-0.15, -0.1) is 0 Å². The fraction of sp³-hybridized carbons (Fsp3) is 0.350. The summed E-state index contributed by atoms with van der Waals surface area (Å²) in [5.74, 6) is -0.781. The van der Waals surface area contributed by atoms with E-state index in [-0.39, 0.29) is 31.2 Å². The van der Waals surface area contributed by atoms with Crippen LogP contribution in [0.4, 0.5) is 13.2 Å². The highest BCUT2D eigenvalue weighted by Gasteiger charge is 2.35. The standard InChI is InChI=1S/C20H20F3NO6S/c21-20(22,23)18-4-2-1-3-17(18)19(25)30-14-13-29-15-5-7-16(8-6-15)31(26,27)24-9-11-28-12-10-24/h1-8H,9-14H2. The SMILES string of the molecule is O=C(OCCOc1ccc(S(=O)(=O)N2CCOCC2)cc1)c1ccccc1C(F)(F)F. The van der Waals surface area contributed by atoms with Gasteiger partial charge in [0.05, 0.1) is 29.2 Å². The van der Waals surface area contributed by atoms with Gasteiger partial charge < -0.3 is 14.2 Å². The highest BCUT2D eigenvalue weighted by atomic mass is 32.2. The third-order valence-corrected chi connectivity index (χ3v) is 6.38. The number of sulfonamides is 1. The van der Waals surface area contributed by atoms with E-state index in [1.807, 2.05) is 0 Å². The number of benzene rings is 2. The summed E-state index contributed by atoms with van der Waals surface area (Å²) in [6.07, 6.45) is -4.67. The summed E-state index contributed by atoms with van der Waals surface area (Å²) in [5, 5.41) is 0. The Labute approximate surface area is 177 Å². The lowest BCUT2D eigenvalue weighted by molar-refractivity contribution is -0.138. The van der Waals surface area contributed by atoms with E-state index >= 15 is 0 Å². The molecule has 0 aliphatic carbocycles. The number of esters is 1. The molecular formula is C20H20F3NO6S. The minimum Gasteiger partial charge on any atom is -0.490 e. The van der Waals surface area contributed by atoms with Gasteiger partial charge in [-0.1, -0.05) is 12.1 Å². The molecule has 0 aromatic heterocycles. The number of alkyl halides is 3. The molecule has 11 heteroatoms. The number of nitrogens with zero attached hydrogens (tertiary/aromatic N) is 1. The van der Waals surface area contributed by atoms with Gasteiger partial charge in [0.15, 0.2) is 0 Å². The molecule has 0 unspecified atom stereocenters. The van der Waals surface area contributed by atoms with Crippen molar-refractivity contribution in [1.29, 1.82) is 0 Å². The number of rotatable bonds is 7. The molecule has 0 spiro atoms. The summed E-state index contributed by atoms with van der Waals surface area (Å²) < 4.78 is 80.8. The van der Waals surface area contributed by atoms with Crippen molar-refractivity contribution >= 4 is 16.0 Å². The number of halogens is 3. The first-order valence-corrected chi connectivity index (χ1v) is 10.8. The Morgan fingerprint density at radius 2 is 1.65 bits per heavy atom. The van der Waals surface area contributed by atoms with Crippen LogP contribution in [0.15, 0.2) is 53.4 Å². The zero-order chi connectivity index (χ0) is 22.5. The molecular weight excluding hydrogens is 439 g/mol. The predicted octanol–water partition coefficient (Wildman–Crippen LogP) is 2.96. The van der Waals surface area contributed by atoms with E-state index in [0.29, 0.717) is 19.0 Å². The predicted molar refractivity (Wildman–Crippen MR) is 103 cm³/mol. The third kappa shape index (κ3) is 5.75. The summed E-state index contributed by atoms with van der Waals surface area (Å²) in [6, 6.07) is 10.0. The van der Waals surface area contributed by atoms with Crippen molar-refractivity contribution in [3.8, 4) is 5.75 Å². The molecule has 168 valence electrons. The Morgan fingerprint density at radius 3 is 2.29 bits per heavy atom. The van der Waals surface area contributed by atoms with Gasteiger partial charge >= 0.3 is 12.1 Å².